The average molecular weight is 309 g/mol. The van der Waals surface area contributed by atoms with Gasteiger partial charge in [0.1, 0.15) is 6.61 Å². The molecule has 23 heavy (non-hydrogen) atoms. The Labute approximate surface area is 135 Å². The highest BCUT2D eigenvalue weighted by Gasteiger charge is 2.01. The molecule has 2 aromatic carbocycles. The molecule has 0 unspecified atom stereocenters. The average Bonchev–Trinajstić information content (AvgIpc) is 2.58. The summed E-state index contributed by atoms with van der Waals surface area (Å²) in [5.41, 5.74) is 3.47. The van der Waals surface area contributed by atoms with E-state index in [1.165, 1.54) is 0 Å². The molecule has 4 nitrogen and oxygen atoms in total. The van der Waals surface area contributed by atoms with Crippen molar-refractivity contribution in [3.63, 3.8) is 0 Å². The number of benzene rings is 2. The molecule has 4 heteroatoms. The SMILES string of the molecule is Cc1ccc(C=O)c(C=CCNC(=O)OCc2ccccc2)c1. The second kappa shape index (κ2) is 8.54. The summed E-state index contributed by atoms with van der Waals surface area (Å²) in [7, 11) is 0. The van der Waals surface area contributed by atoms with Crippen molar-refractivity contribution in [3.05, 3.63) is 76.9 Å². The van der Waals surface area contributed by atoms with E-state index >= 15 is 0 Å². The van der Waals surface area contributed by atoms with Crippen molar-refractivity contribution in [1.29, 1.82) is 0 Å². The first-order valence-electron chi connectivity index (χ1n) is 7.36. The van der Waals surface area contributed by atoms with Crippen LogP contribution in [-0.2, 0) is 11.3 Å². The van der Waals surface area contributed by atoms with Crippen molar-refractivity contribution >= 4 is 18.5 Å². The molecular formula is C19H19NO3. The summed E-state index contributed by atoms with van der Waals surface area (Å²) in [6, 6.07) is 15.1. The number of aryl methyl sites for hydroxylation is 1. The van der Waals surface area contributed by atoms with Crippen LogP contribution in [0.4, 0.5) is 4.79 Å². The lowest BCUT2D eigenvalue weighted by Crippen LogP contribution is -2.24. The number of carbonyl (C=O) groups is 2. The van der Waals surface area contributed by atoms with Crippen LogP contribution in [0.15, 0.2) is 54.6 Å². The molecular weight excluding hydrogens is 290 g/mol. The van der Waals surface area contributed by atoms with Crippen LogP contribution in [0.5, 0.6) is 0 Å². The molecule has 0 heterocycles. The Kier molecular flexibility index (Phi) is 6.12. The molecule has 0 radical (unpaired) electrons. The molecule has 0 saturated carbocycles. The largest absolute Gasteiger partial charge is 0.445 e. The van der Waals surface area contributed by atoms with Gasteiger partial charge in [0.05, 0.1) is 0 Å². The van der Waals surface area contributed by atoms with Gasteiger partial charge in [-0.2, -0.15) is 0 Å². The molecule has 1 amide bonds. The molecule has 0 saturated heterocycles. The van der Waals surface area contributed by atoms with Crippen LogP contribution in [0.25, 0.3) is 6.08 Å². The highest BCUT2D eigenvalue weighted by Crippen LogP contribution is 2.11. The third kappa shape index (κ3) is 5.43. The first-order chi connectivity index (χ1) is 11.2. The van der Waals surface area contributed by atoms with Crippen LogP contribution in [0.2, 0.25) is 0 Å². The van der Waals surface area contributed by atoms with E-state index in [0.29, 0.717) is 12.1 Å². The van der Waals surface area contributed by atoms with Crippen molar-refractivity contribution < 1.29 is 14.3 Å². The second-order valence-corrected chi connectivity index (χ2v) is 5.10. The molecule has 118 valence electrons. The monoisotopic (exact) mass is 309 g/mol. The van der Waals surface area contributed by atoms with E-state index in [-0.39, 0.29) is 6.61 Å². The summed E-state index contributed by atoms with van der Waals surface area (Å²) in [6.07, 6.45) is 3.94. The molecule has 1 N–H and O–H groups in total. The van der Waals surface area contributed by atoms with Crippen LogP contribution >= 0.6 is 0 Å². The quantitative estimate of drug-likeness (QED) is 0.827. The summed E-state index contributed by atoms with van der Waals surface area (Å²) < 4.78 is 5.10. The Morgan fingerprint density at radius 3 is 2.65 bits per heavy atom. The molecule has 0 aliphatic rings. The fourth-order valence-corrected chi connectivity index (χ4v) is 2.05. The van der Waals surface area contributed by atoms with Gasteiger partial charge in [-0.15, -0.1) is 0 Å². The van der Waals surface area contributed by atoms with Crippen molar-refractivity contribution in [1.82, 2.24) is 5.32 Å². The molecule has 0 fully saturated rings. The van der Waals surface area contributed by atoms with E-state index < -0.39 is 6.09 Å². The number of amides is 1. The zero-order valence-electron chi connectivity index (χ0n) is 13.0. The number of alkyl carbamates (subject to hydrolysis) is 1. The predicted molar refractivity (Wildman–Crippen MR) is 90.2 cm³/mol. The van der Waals surface area contributed by atoms with Crippen LogP contribution in [0.1, 0.15) is 27.0 Å². The molecule has 0 aliphatic carbocycles. The molecule has 0 aromatic heterocycles. The molecule has 0 aliphatic heterocycles. The normalized spacial score (nSPS) is 10.5. The zero-order chi connectivity index (χ0) is 16.5. The minimum atomic E-state index is -0.474. The number of hydrogen-bond acceptors (Lipinski definition) is 3. The smallest absolute Gasteiger partial charge is 0.407 e. The van der Waals surface area contributed by atoms with Crippen molar-refractivity contribution in [2.24, 2.45) is 0 Å². The number of ether oxygens (including phenoxy) is 1. The first kappa shape index (κ1) is 16.5. The molecule has 0 spiro atoms. The summed E-state index contributed by atoms with van der Waals surface area (Å²) in [6.45, 7) is 2.54. The Morgan fingerprint density at radius 1 is 1.13 bits per heavy atom. The first-order valence-corrected chi connectivity index (χ1v) is 7.36. The van der Waals surface area contributed by atoms with Crippen LogP contribution in [0.3, 0.4) is 0 Å². The summed E-state index contributed by atoms with van der Waals surface area (Å²) in [5, 5.41) is 2.64. The van der Waals surface area contributed by atoms with Crippen LogP contribution < -0.4 is 5.32 Å². The maximum atomic E-state index is 11.6. The van der Waals surface area contributed by atoms with Gasteiger partial charge in [-0.05, 0) is 18.1 Å². The van der Waals surface area contributed by atoms with Crippen molar-refractivity contribution in [3.8, 4) is 0 Å². The van der Waals surface area contributed by atoms with Gasteiger partial charge in [-0.1, -0.05) is 66.2 Å². The lowest BCUT2D eigenvalue weighted by atomic mass is 10.1. The fraction of sp³-hybridized carbons (Fsp3) is 0.158. The van der Waals surface area contributed by atoms with Gasteiger partial charge in [0.15, 0.2) is 6.29 Å². The van der Waals surface area contributed by atoms with Gasteiger partial charge in [0, 0.05) is 12.1 Å². The number of rotatable bonds is 6. The van der Waals surface area contributed by atoms with E-state index in [2.05, 4.69) is 5.32 Å². The number of carbonyl (C=O) groups excluding carboxylic acids is 2. The Balaban J connectivity index is 1.79. The Hall–Kier alpha value is -2.88. The van der Waals surface area contributed by atoms with Gasteiger partial charge in [0.2, 0.25) is 0 Å². The summed E-state index contributed by atoms with van der Waals surface area (Å²) >= 11 is 0. The molecule has 2 rings (SSSR count). The highest BCUT2D eigenvalue weighted by molar-refractivity contribution is 5.82. The topological polar surface area (TPSA) is 55.4 Å². The van der Waals surface area contributed by atoms with Gasteiger partial charge < -0.3 is 10.1 Å². The van der Waals surface area contributed by atoms with Gasteiger partial charge in [-0.25, -0.2) is 4.79 Å². The minimum Gasteiger partial charge on any atom is -0.445 e. The maximum absolute atomic E-state index is 11.6. The van der Waals surface area contributed by atoms with Gasteiger partial charge >= 0.3 is 6.09 Å². The summed E-state index contributed by atoms with van der Waals surface area (Å²) in [4.78, 5) is 22.6. The number of hydrogen-bond donors (Lipinski definition) is 1. The minimum absolute atomic E-state index is 0.240. The number of nitrogens with one attached hydrogen (secondary N) is 1. The molecule has 2 aromatic rings. The van der Waals surface area contributed by atoms with E-state index in [0.717, 1.165) is 23.0 Å². The predicted octanol–water partition coefficient (Wildman–Crippen LogP) is 3.75. The van der Waals surface area contributed by atoms with E-state index in [1.807, 2.05) is 55.5 Å². The van der Waals surface area contributed by atoms with Gasteiger partial charge in [-0.3, -0.25) is 4.79 Å². The summed E-state index contributed by atoms with van der Waals surface area (Å²) in [5.74, 6) is 0. The Morgan fingerprint density at radius 2 is 1.91 bits per heavy atom. The lowest BCUT2D eigenvalue weighted by Gasteiger charge is -2.05. The van der Waals surface area contributed by atoms with Crippen molar-refractivity contribution in [2.75, 3.05) is 6.54 Å². The van der Waals surface area contributed by atoms with E-state index in [4.69, 9.17) is 4.74 Å². The molecule has 0 bridgehead atoms. The van der Waals surface area contributed by atoms with E-state index in [1.54, 1.807) is 12.1 Å². The van der Waals surface area contributed by atoms with Gasteiger partial charge in [0.25, 0.3) is 0 Å². The lowest BCUT2D eigenvalue weighted by molar-refractivity contribution is 0.112. The maximum Gasteiger partial charge on any atom is 0.407 e. The van der Waals surface area contributed by atoms with Crippen molar-refractivity contribution in [2.45, 2.75) is 13.5 Å². The molecule has 0 atom stereocenters. The fourth-order valence-electron chi connectivity index (χ4n) is 2.05. The zero-order valence-corrected chi connectivity index (χ0v) is 13.0. The highest BCUT2D eigenvalue weighted by atomic mass is 16.5. The van der Waals surface area contributed by atoms with E-state index in [9.17, 15) is 9.59 Å². The Bertz CT molecular complexity index is 693. The second-order valence-electron chi connectivity index (χ2n) is 5.10. The van der Waals surface area contributed by atoms with Crippen LogP contribution in [-0.4, -0.2) is 18.9 Å². The van der Waals surface area contributed by atoms with Crippen LogP contribution in [0, 0.1) is 6.92 Å². The number of aldehydes is 1. The standard InChI is InChI=1S/C19H19NO3/c1-15-9-10-18(13-21)17(12-15)8-5-11-20-19(22)23-14-16-6-3-2-4-7-16/h2-10,12-13H,11,14H2,1H3,(H,20,22). The third-order valence-corrected chi connectivity index (χ3v) is 3.24. The third-order valence-electron chi connectivity index (χ3n) is 3.24.